The highest BCUT2D eigenvalue weighted by Gasteiger charge is 2.56. The monoisotopic (exact) mass is 448 g/mol. The quantitative estimate of drug-likeness (QED) is 0.565. The summed E-state index contributed by atoms with van der Waals surface area (Å²) < 4.78 is 0. The Morgan fingerprint density at radius 1 is 1.12 bits per heavy atom. The second-order valence-electron chi connectivity index (χ2n) is 10.2. The Labute approximate surface area is 194 Å². The second-order valence-corrected chi connectivity index (χ2v) is 11.5. The SMILES string of the molecule is CC(=O)/C=C/c1ccc(S[C@@H]2Cc3cc(O)ccc3C3CC[C@@]4(C)C(CC[C@@H]4O)C32)cc1. The van der Waals surface area contributed by atoms with E-state index in [1.807, 2.05) is 30.0 Å². The van der Waals surface area contributed by atoms with E-state index in [1.165, 1.54) is 16.0 Å². The molecule has 0 amide bonds. The molecule has 0 aromatic heterocycles. The van der Waals surface area contributed by atoms with Gasteiger partial charge in [-0.2, -0.15) is 0 Å². The van der Waals surface area contributed by atoms with E-state index in [2.05, 4.69) is 37.3 Å². The van der Waals surface area contributed by atoms with Crippen LogP contribution < -0.4 is 0 Å². The van der Waals surface area contributed by atoms with Crippen molar-refractivity contribution < 1.29 is 15.0 Å². The maximum Gasteiger partial charge on any atom is 0.152 e. The van der Waals surface area contributed by atoms with Gasteiger partial charge in [-0.25, -0.2) is 0 Å². The highest BCUT2D eigenvalue weighted by atomic mass is 32.2. The molecule has 3 unspecified atom stereocenters. The van der Waals surface area contributed by atoms with Crippen LogP contribution in [0.2, 0.25) is 0 Å². The molecule has 168 valence electrons. The predicted molar refractivity (Wildman–Crippen MR) is 130 cm³/mol. The van der Waals surface area contributed by atoms with Gasteiger partial charge >= 0.3 is 0 Å². The van der Waals surface area contributed by atoms with E-state index in [0.29, 0.717) is 28.8 Å². The Morgan fingerprint density at radius 3 is 2.66 bits per heavy atom. The summed E-state index contributed by atoms with van der Waals surface area (Å²) in [7, 11) is 0. The van der Waals surface area contributed by atoms with Crippen molar-refractivity contribution in [2.45, 2.75) is 68.1 Å². The predicted octanol–water partition coefficient (Wildman–Crippen LogP) is 5.98. The average molecular weight is 449 g/mol. The molecule has 2 N–H and O–H groups in total. The van der Waals surface area contributed by atoms with Crippen LogP contribution >= 0.6 is 11.8 Å². The number of ketones is 1. The normalized spacial score (nSPS) is 33.5. The fourth-order valence-corrected chi connectivity index (χ4v) is 8.14. The number of fused-ring (bicyclic) bond motifs is 5. The van der Waals surface area contributed by atoms with E-state index >= 15 is 0 Å². The Kier molecular flexibility index (Phi) is 5.71. The summed E-state index contributed by atoms with van der Waals surface area (Å²) in [6, 6.07) is 14.4. The molecule has 4 heteroatoms. The number of allylic oxidation sites excluding steroid dienone is 1. The number of thioether (sulfide) groups is 1. The summed E-state index contributed by atoms with van der Waals surface area (Å²) in [5.74, 6) is 1.97. The lowest BCUT2D eigenvalue weighted by atomic mass is 9.55. The van der Waals surface area contributed by atoms with Gasteiger partial charge in [-0.15, -0.1) is 11.8 Å². The average Bonchev–Trinajstić information content (AvgIpc) is 3.07. The van der Waals surface area contributed by atoms with Gasteiger partial charge in [-0.05, 0) is 109 Å². The van der Waals surface area contributed by atoms with Crippen LogP contribution in [0.15, 0.2) is 53.4 Å². The number of aliphatic hydroxyl groups is 1. The van der Waals surface area contributed by atoms with Gasteiger partial charge in [0.25, 0.3) is 0 Å². The molecule has 0 saturated heterocycles. The summed E-state index contributed by atoms with van der Waals surface area (Å²) in [6.07, 6.45) is 8.44. The van der Waals surface area contributed by atoms with Crippen LogP contribution in [0, 0.1) is 17.3 Å². The molecule has 0 radical (unpaired) electrons. The number of carbonyl (C=O) groups excluding carboxylic acids is 1. The molecule has 6 atom stereocenters. The fraction of sp³-hybridized carbons (Fsp3) is 0.464. The summed E-state index contributed by atoms with van der Waals surface area (Å²) in [6.45, 7) is 3.88. The van der Waals surface area contributed by atoms with E-state index < -0.39 is 0 Å². The van der Waals surface area contributed by atoms with Gasteiger partial charge in [0, 0.05) is 10.1 Å². The molecule has 2 saturated carbocycles. The van der Waals surface area contributed by atoms with E-state index in [1.54, 1.807) is 13.0 Å². The zero-order chi connectivity index (χ0) is 22.5. The van der Waals surface area contributed by atoms with Gasteiger partial charge in [0.2, 0.25) is 0 Å². The van der Waals surface area contributed by atoms with Crippen LogP contribution in [0.4, 0.5) is 0 Å². The minimum Gasteiger partial charge on any atom is -0.508 e. The van der Waals surface area contributed by atoms with Crippen molar-refractivity contribution in [1.82, 2.24) is 0 Å². The van der Waals surface area contributed by atoms with Gasteiger partial charge in [-0.3, -0.25) is 4.79 Å². The molecular weight excluding hydrogens is 416 g/mol. The van der Waals surface area contributed by atoms with Crippen molar-refractivity contribution in [1.29, 1.82) is 0 Å². The van der Waals surface area contributed by atoms with Crippen LogP contribution in [0.5, 0.6) is 5.75 Å². The lowest BCUT2D eigenvalue weighted by molar-refractivity contribution is -0.112. The maximum atomic E-state index is 11.2. The van der Waals surface area contributed by atoms with Crippen molar-refractivity contribution in [2.24, 2.45) is 17.3 Å². The molecule has 5 rings (SSSR count). The molecule has 32 heavy (non-hydrogen) atoms. The number of hydrogen-bond donors (Lipinski definition) is 2. The van der Waals surface area contributed by atoms with Crippen LogP contribution in [0.25, 0.3) is 6.08 Å². The van der Waals surface area contributed by atoms with Crippen LogP contribution in [0.1, 0.15) is 62.1 Å². The van der Waals surface area contributed by atoms with Crippen molar-refractivity contribution in [3.8, 4) is 5.75 Å². The second kappa shape index (κ2) is 8.39. The molecule has 2 aromatic carbocycles. The molecular formula is C28H32O3S. The third-order valence-electron chi connectivity index (χ3n) is 8.34. The number of rotatable bonds is 4. The molecule has 3 aliphatic rings. The zero-order valence-corrected chi connectivity index (χ0v) is 19.6. The first-order chi connectivity index (χ1) is 15.3. The maximum absolute atomic E-state index is 11.2. The highest BCUT2D eigenvalue weighted by Crippen LogP contribution is 2.62. The topological polar surface area (TPSA) is 57.5 Å². The number of phenols is 1. The Morgan fingerprint density at radius 2 is 1.91 bits per heavy atom. The van der Waals surface area contributed by atoms with E-state index in [-0.39, 0.29) is 17.3 Å². The molecule has 2 fully saturated rings. The molecule has 0 bridgehead atoms. The number of phenolic OH excluding ortho intramolecular Hbond substituents is 1. The minimum absolute atomic E-state index is 0.0236. The summed E-state index contributed by atoms with van der Waals surface area (Å²) in [4.78, 5) is 12.5. The summed E-state index contributed by atoms with van der Waals surface area (Å²) in [5.41, 5.74) is 3.76. The van der Waals surface area contributed by atoms with Crippen LogP contribution in [0.3, 0.4) is 0 Å². The number of hydrogen-bond acceptors (Lipinski definition) is 4. The van der Waals surface area contributed by atoms with Crippen LogP contribution in [-0.4, -0.2) is 27.4 Å². The van der Waals surface area contributed by atoms with Gasteiger partial charge in [-0.1, -0.05) is 31.2 Å². The fourth-order valence-electron chi connectivity index (χ4n) is 6.70. The first-order valence-corrected chi connectivity index (χ1v) is 12.7. The van der Waals surface area contributed by atoms with E-state index in [0.717, 1.165) is 37.7 Å². The van der Waals surface area contributed by atoms with Gasteiger partial charge in [0.1, 0.15) is 5.75 Å². The standard InChI is InChI=1S/C28H32O3S/c1-17(29)3-4-18-5-8-21(9-6-18)32-25-16-19-15-20(30)7-10-22(19)23-13-14-28(2)24(27(23)25)11-12-26(28)31/h3-10,15,23-27,30-31H,11-14,16H2,1-2H3/b4-3+/t23?,24?,25-,26+,27?,28+/m1/s1. The van der Waals surface area contributed by atoms with Gasteiger partial charge in [0.05, 0.1) is 6.10 Å². The number of aliphatic hydroxyl groups excluding tert-OH is 1. The smallest absolute Gasteiger partial charge is 0.152 e. The van der Waals surface area contributed by atoms with Crippen molar-refractivity contribution >= 4 is 23.6 Å². The molecule has 3 aliphatic carbocycles. The molecule has 2 aromatic rings. The van der Waals surface area contributed by atoms with Crippen molar-refractivity contribution in [2.75, 3.05) is 0 Å². The first-order valence-electron chi connectivity index (χ1n) is 11.8. The lowest BCUT2D eigenvalue weighted by Gasteiger charge is -2.52. The van der Waals surface area contributed by atoms with Gasteiger partial charge < -0.3 is 10.2 Å². The Hall–Kier alpha value is -2.04. The third-order valence-corrected chi connectivity index (χ3v) is 9.67. The van der Waals surface area contributed by atoms with Crippen molar-refractivity contribution in [3.63, 3.8) is 0 Å². The molecule has 3 nitrogen and oxygen atoms in total. The number of carbonyl (C=O) groups is 1. The number of benzene rings is 2. The number of aromatic hydroxyl groups is 1. The Balaban J connectivity index is 1.47. The Bertz CT molecular complexity index is 1040. The summed E-state index contributed by atoms with van der Waals surface area (Å²) >= 11 is 1.95. The highest BCUT2D eigenvalue weighted by molar-refractivity contribution is 8.00. The molecule has 0 spiro atoms. The molecule has 0 heterocycles. The third kappa shape index (κ3) is 3.82. The summed E-state index contributed by atoms with van der Waals surface area (Å²) in [5, 5.41) is 21.4. The minimum atomic E-state index is -0.187. The zero-order valence-electron chi connectivity index (χ0n) is 18.8. The van der Waals surface area contributed by atoms with E-state index in [4.69, 9.17) is 0 Å². The molecule has 0 aliphatic heterocycles. The van der Waals surface area contributed by atoms with Crippen molar-refractivity contribution in [3.05, 3.63) is 65.2 Å². The first kappa shape index (κ1) is 21.8. The largest absolute Gasteiger partial charge is 0.508 e. The van der Waals surface area contributed by atoms with Crippen LogP contribution in [-0.2, 0) is 11.2 Å². The van der Waals surface area contributed by atoms with E-state index in [9.17, 15) is 15.0 Å². The lowest BCUT2D eigenvalue weighted by Crippen LogP contribution is -2.48. The van der Waals surface area contributed by atoms with Gasteiger partial charge in [0.15, 0.2) is 5.78 Å².